The van der Waals surface area contributed by atoms with Gasteiger partial charge in [-0.2, -0.15) is 0 Å². The number of phenols is 2. The molecule has 0 saturated heterocycles. The Bertz CT molecular complexity index is 1420. The van der Waals surface area contributed by atoms with Gasteiger partial charge in [-0.1, -0.05) is 96.6 Å². The number of phenolic OH excluding ortho intramolecular Hbond substituents is 2. The van der Waals surface area contributed by atoms with E-state index in [0.29, 0.717) is 11.5 Å². The van der Waals surface area contributed by atoms with E-state index >= 15 is 0 Å². The van der Waals surface area contributed by atoms with Gasteiger partial charge in [0.15, 0.2) is 0 Å². The molecule has 8 heteroatoms. The molecule has 1 aromatic heterocycles. The highest BCUT2D eigenvalue weighted by Crippen LogP contribution is 2.08. The van der Waals surface area contributed by atoms with Crippen LogP contribution in [-0.2, 0) is 4.79 Å². The SMILES string of the molecule is CC(=O)N(C)C.CN(C)C(=O)N(C)C.Cc1cccc(O)c1.Cc1ccccc1.Cc1ccccc1C.Oc1ccccc1.c1ccncc1. The van der Waals surface area contributed by atoms with Crippen LogP contribution in [-0.4, -0.2) is 84.1 Å². The number of urea groups is 1. The van der Waals surface area contributed by atoms with Crippen molar-refractivity contribution in [2.24, 2.45) is 0 Å². The van der Waals surface area contributed by atoms with Crippen molar-refractivity contribution in [2.75, 3.05) is 42.3 Å². The first-order chi connectivity index (χ1) is 23.6. The van der Waals surface area contributed by atoms with Crippen molar-refractivity contribution in [3.05, 3.63) is 162 Å². The van der Waals surface area contributed by atoms with Gasteiger partial charge in [0, 0.05) is 61.6 Å². The molecule has 2 N–H and O–H groups in total. The Morgan fingerprint density at radius 2 is 0.840 bits per heavy atom. The minimum absolute atomic E-state index is 0.0185. The van der Waals surface area contributed by atoms with Crippen LogP contribution in [0.5, 0.6) is 11.5 Å². The summed E-state index contributed by atoms with van der Waals surface area (Å²) in [5.41, 5.74) is 5.15. The molecule has 0 saturated carbocycles. The molecule has 3 amide bonds. The van der Waals surface area contributed by atoms with Crippen molar-refractivity contribution < 1.29 is 19.8 Å². The minimum Gasteiger partial charge on any atom is -0.508 e. The standard InChI is InChI=1S/C8H10.C7H8O.C7H8.C6H6O.C5H12N2O.C5H5N.C4H9NO/c1-7-5-3-4-6-8(7)2;1-6-3-2-4-7(8)5-6;1-7-5-3-2-4-6-7;7-6-4-2-1-3-5-6;1-6(2)5(8)7(3)4;1-2-4-6-5-3-1;1-4(6)5(2)3/h3-6H,1-2H3;2-5,8H,1H3;2-6H,1H3;1-5,7H;1-4H3;1-5H;1-3H3. The summed E-state index contributed by atoms with van der Waals surface area (Å²) in [4.78, 5) is 29.1. The van der Waals surface area contributed by atoms with E-state index in [2.05, 4.69) is 62.2 Å². The summed E-state index contributed by atoms with van der Waals surface area (Å²) in [6, 6.07) is 40.2. The van der Waals surface area contributed by atoms with E-state index in [1.165, 1.54) is 38.3 Å². The van der Waals surface area contributed by atoms with Crippen LogP contribution in [0.2, 0.25) is 0 Å². The number of pyridine rings is 1. The smallest absolute Gasteiger partial charge is 0.318 e. The largest absolute Gasteiger partial charge is 0.508 e. The number of aromatic nitrogens is 1. The van der Waals surface area contributed by atoms with Gasteiger partial charge in [0.2, 0.25) is 5.91 Å². The van der Waals surface area contributed by atoms with E-state index in [0.717, 1.165) is 5.56 Å². The summed E-state index contributed by atoms with van der Waals surface area (Å²) in [6.45, 7) is 9.80. The Morgan fingerprint density at radius 1 is 0.480 bits per heavy atom. The predicted octanol–water partition coefficient (Wildman–Crippen LogP) is 8.80. The Hall–Kier alpha value is -5.63. The van der Waals surface area contributed by atoms with Crippen LogP contribution in [0, 0.1) is 27.7 Å². The lowest BCUT2D eigenvalue weighted by Gasteiger charge is -2.16. The van der Waals surface area contributed by atoms with Crippen LogP contribution in [0.4, 0.5) is 4.79 Å². The number of amides is 3. The molecule has 0 aliphatic carbocycles. The van der Waals surface area contributed by atoms with Crippen LogP contribution in [0.1, 0.15) is 29.2 Å². The molecule has 1 heterocycles. The quantitative estimate of drug-likeness (QED) is 0.170. The maximum absolute atomic E-state index is 10.7. The van der Waals surface area contributed by atoms with E-state index < -0.39 is 0 Å². The van der Waals surface area contributed by atoms with Gasteiger partial charge in [0.25, 0.3) is 0 Å². The first kappa shape index (κ1) is 46.5. The fourth-order valence-electron chi connectivity index (χ4n) is 2.97. The monoisotopic (exact) mass is 682 g/mol. The molecule has 0 fully saturated rings. The second kappa shape index (κ2) is 29.5. The molecular formula is C42H58N4O4. The molecule has 0 radical (unpaired) electrons. The number of benzene rings is 4. The average Bonchev–Trinajstić information content (AvgIpc) is 3.09. The topological polar surface area (TPSA) is 97.2 Å². The van der Waals surface area contributed by atoms with Crippen molar-refractivity contribution in [2.45, 2.75) is 34.6 Å². The van der Waals surface area contributed by atoms with E-state index in [1.807, 2.05) is 61.5 Å². The fourth-order valence-corrected chi connectivity index (χ4v) is 2.97. The van der Waals surface area contributed by atoms with Gasteiger partial charge in [0.1, 0.15) is 11.5 Å². The van der Waals surface area contributed by atoms with Gasteiger partial charge < -0.3 is 24.9 Å². The molecule has 5 rings (SSSR count). The lowest BCUT2D eigenvalue weighted by Crippen LogP contribution is -2.33. The molecule has 0 aliphatic rings. The van der Waals surface area contributed by atoms with Crippen molar-refractivity contribution in [3.63, 3.8) is 0 Å². The highest BCUT2D eigenvalue weighted by Gasteiger charge is 2.02. The van der Waals surface area contributed by atoms with Crippen LogP contribution in [0.3, 0.4) is 0 Å². The zero-order valence-electron chi connectivity index (χ0n) is 31.8. The molecule has 0 unspecified atom stereocenters. The van der Waals surface area contributed by atoms with Crippen LogP contribution in [0.25, 0.3) is 0 Å². The molecule has 5 aromatic rings. The lowest BCUT2D eigenvalue weighted by atomic mass is 10.1. The third-order valence-corrected chi connectivity index (χ3v) is 6.09. The average molecular weight is 683 g/mol. The van der Waals surface area contributed by atoms with Crippen molar-refractivity contribution in [1.82, 2.24) is 19.7 Å². The number of hydrogen-bond donors (Lipinski definition) is 2. The lowest BCUT2D eigenvalue weighted by molar-refractivity contribution is -0.126. The highest BCUT2D eigenvalue weighted by atomic mass is 16.3. The first-order valence-corrected chi connectivity index (χ1v) is 16.0. The number of rotatable bonds is 0. The number of aryl methyl sites for hydroxylation is 4. The zero-order chi connectivity index (χ0) is 38.3. The summed E-state index contributed by atoms with van der Waals surface area (Å²) in [6.07, 6.45) is 3.50. The number of hydrogen-bond acceptors (Lipinski definition) is 5. The van der Waals surface area contributed by atoms with Gasteiger partial charge in [-0.05, 0) is 80.8 Å². The number of aromatic hydroxyl groups is 2. The number of nitrogens with zero attached hydrogens (tertiary/aromatic N) is 4. The maximum atomic E-state index is 10.7. The van der Waals surface area contributed by atoms with E-state index in [1.54, 1.807) is 91.1 Å². The molecule has 8 nitrogen and oxygen atoms in total. The van der Waals surface area contributed by atoms with Crippen molar-refractivity contribution in [3.8, 4) is 11.5 Å². The summed E-state index contributed by atoms with van der Waals surface area (Å²) >= 11 is 0. The van der Waals surface area contributed by atoms with Gasteiger partial charge >= 0.3 is 6.03 Å². The Morgan fingerprint density at radius 3 is 1.02 bits per heavy atom. The van der Waals surface area contributed by atoms with Gasteiger partial charge in [-0.3, -0.25) is 9.78 Å². The Kier molecular flexibility index (Phi) is 27.4. The summed E-state index contributed by atoms with van der Waals surface area (Å²) in [7, 11) is 10.3. The molecule has 0 spiro atoms. The Labute approximate surface area is 301 Å². The molecule has 0 aliphatic heterocycles. The number of para-hydroxylation sites is 1. The molecule has 0 bridgehead atoms. The molecule has 4 aromatic carbocycles. The number of carbonyl (C=O) groups excluding carboxylic acids is 2. The first-order valence-electron chi connectivity index (χ1n) is 16.0. The third kappa shape index (κ3) is 29.8. The normalized spacial score (nSPS) is 8.62. The van der Waals surface area contributed by atoms with E-state index in [4.69, 9.17) is 10.2 Å². The second-order valence-electron chi connectivity index (χ2n) is 11.4. The van der Waals surface area contributed by atoms with Gasteiger partial charge in [-0.15, -0.1) is 0 Å². The van der Waals surface area contributed by atoms with Gasteiger partial charge in [-0.25, -0.2) is 4.79 Å². The van der Waals surface area contributed by atoms with Crippen molar-refractivity contribution >= 4 is 11.9 Å². The van der Waals surface area contributed by atoms with Crippen LogP contribution < -0.4 is 0 Å². The fraction of sp³-hybridized carbons (Fsp3) is 0.262. The van der Waals surface area contributed by atoms with Gasteiger partial charge in [0.05, 0.1) is 0 Å². The minimum atomic E-state index is 0.0185. The predicted molar refractivity (Wildman–Crippen MR) is 209 cm³/mol. The maximum Gasteiger partial charge on any atom is 0.318 e. The van der Waals surface area contributed by atoms with E-state index in [-0.39, 0.29) is 11.9 Å². The number of carbonyl (C=O) groups is 2. The summed E-state index contributed by atoms with van der Waals surface area (Å²) in [5, 5.41) is 17.4. The van der Waals surface area contributed by atoms with Crippen LogP contribution >= 0.6 is 0 Å². The summed E-state index contributed by atoms with van der Waals surface area (Å²) < 4.78 is 0. The zero-order valence-corrected chi connectivity index (χ0v) is 31.8. The Balaban J connectivity index is 0. The molecule has 50 heavy (non-hydrogen) atoms. The van der Waals surface area contributed by atoms with E-state index in [9.17, 15) is 9.59 Å². The highest BCUT2D eigenvalue weighted by molar-refractivity contribution is 5.73. The summed E-state index contributed by atoms with van der Waals surface area (Å²) in [5.74, 6) is 0.752. The third-order valence-electron chi connectivity index (χ3n) is 6.09. The molecule has 270 valence electrons. The molecular weight excluding hydrogens is 624 g/mol. The van der Waals surface area contributed by atoms with Crippen LogP contribution in [0.15, 0.2) is 140 Å². The second-order valence-corrected chi connectivity index (χ2v) is 11.4. The molecule has 0 atom stereocenters. The van der Waals surface area contributed by atoms with Crippen molar-refractivity contribution in [1.29, 1.82) is 0 Å².